The summed E-state index contributed by atoms with van der Waals surface area (Å²) in [5, 5.41) is 0. The fraction of sp³-hybridized carbons (Fsp3) is 0.571. The van der Waals surface area contributed by atoms with E-state index >= 15 is 0 Å². The Morgan fingerprint density at radius 1 is 1.45 bits per heavy atom. The van der Waals surface area contributed by atoms with Gasteiger partial charge in [-0.3, -0.25) is 0 Å². The molecule has 2 heterocycles. The Balaban J connectivity index is 2.27. The van der Waals surface area contributed by atoms with E-state index in [4.69, 9.17) is 13.9 Å². The first-order valence-corrected chi connectivity index (χ1v) is 3.49. The molecule has 4 nitrogen and oxygen atoms in total. The Kier molecular flexibility index (Phi) is 1.44. The molecule has 0 unspecified atom stereocenters. The van der Waals surface area contributed by atoms with Gasteiger partial charge in [0.05, 0.1) is 19.4 Å². The number of ether oxygens (including phenoxy) is 2. The van der Waals surface area contributed by atoms with Crippen LogP contribution < -0.4 is 0 Å². The fourth-order valence-electron chi connectivity index (χ4n) is 1.09. The number of rotatable bonds is 1. The van der Waals surface area contributed by atoms with E-state index in [1.165, 1.54) is 6.26 Å². The van der Waals surface area contributed by atoms with Crippen molar-refractivity contribution in [2.24, 2.45) is 0 Å². The zero-order valence-corrected chi connectivity index (χ0v) is 6.24. The van der Waals surface area contributed by atoms with Gasteiger partial charge < -0.3 is 13.9 Å². The number of hydrogen-bond acceptors (Lipinski definition) is 4. The van der Waals surface area contributed by atoms with Crippen LogP contribution in [0.3, 0.4) is 0 Å². The van der Waals surface area contributed by atoms with E-state index < -0.39 is 5.79 Å². The molecule has 0 atom stereocenters. The predicted octanol–water partition coefficient (Wildman–Crippen LogP) is 0.894. The molecule has 0 aromatic carbocycles. The molecular weight excluding hydrogens is 146 g/mol. The van der Waals surface area contributed by atoms with Crippen LogP contribution in [-0.2, 0) is 15.3 Å². The van der Waals surface area contributed by atoms with Crippen LogP contribution in [0, 0.1) is 0 Å². The quantitative estimate of drug-likeness (QED) is 0.604. The maximum atomic E-state index is 5.31. The fourth-order valence-corrected chi connectivity index (χ4v) is 1.09. The van der Waals surface area contributed by atoms with E-state index in [2.05, 4.69) is 4.98 Å². The largest absolute Gasteiger partial charge is 0.444 e. The Hall–Kier alpha value is -0.870. The second-order valence-corrected chi connectivity index (χ2v) is 2.48. The third-order valence-electron chi connectivity index (χ3n) is 1.66. The van der Waals surface area contributed by atoms with Crippen molar-refractivity contribution < 1.29 is 13.9 Å². The Morgan fingerprint density at radius 2 is 2.18 bits per heavy atom. The summed E-state index contributed by atoms with van der Waals surface area (Å²) in [6.45, 7) is 2.99. The van der Waals surface area contributed by atoms with E-state index in [9.17, 15) is 0 Å². The number of nitrogens with zero attached hydrogens (tertiary/aromatic N) is 1. The lowest BCUT2D eigenvalue weighted by molar-refractivity contribution is -0.166. The molecular formula is C7H9NO3. The summed E-state index contributed by atoms with van der Waals surface area (Å²) in [6.07, 6.45) is 3.08. The Labute approximate surface area is 64.1 Å². The van der Waals surface area contributed by atoms with Gasteiger partial charge in [-0.05, 0) is 6.92 Å². The lowest BCUT2D eigenvalue weighted by Crippen LogP contribution is -2.22. The molecule has 1 fully saturated rings. The summed E-state index contributed by atoms with van der Waals surface area (Å²) >= 11 is 0. The number of hydrogen-bond donors (Lipinski definition) is 0. The summed E-state index contributed by atoms with van der Waals surface area (Å²) in [5.41, 5.74) is 0. The molecule has 1 aromatic rings. The summed E-state index contributed by atoms with van der Waals surface area (Å²) in [7, 11) is 0. The summed E-state index contributed by atoms with van der Waals surface area (Å²) < 4.78 is 15.7. The second kappa shape index (κ2) is 2.32. The van der Waals surface area contributed by atoms with Crippen LogP contribution in [-0.4, -0.2) is 18.2 Å². The first kappa shape index (κ1) is 6.82. The van der Waals surface area contributed by atoms with Crippen molar-refractivity contribution in [2.75, 3.05) is 13.2 Å². The first-order valence-electron chi connectivity index (χ1n) is 3.49. The van der Waals surface area contributed by atoms with Crippen molar-refractivity contribution in [1.29, 1.82) is 0 Å². The van der Waals surface area contributed by atoms with Crippen molar-refractivity contribution in [2.45, 2.75) is 12.7 Å². The molecule has 1 aliphatic rings. The van der Waals surface area contributed by atoms with E-state index in [0.717, 1.165) is 0 Å². The zero-order chi connectivity index (χ0) is 7.73. The zero-order valence-electron chi connectivity index (χ0n) is 6.24. The molecule has 1 aromatic heterocycles. The highest BCUT2D eigenvalue weighted by Crippen LogP contribution is 2.28. The standard InChI is InChI=1S/C7H9NO3/c1-7(10-4-5-11-7)6-8-2-3-9-6/h2-3H,4-5H2,1H3. The molecule has 0 bridgehead atoms. The molecule has 0 N–H and O–H groups in total. The van der Waals surface area contributed by atoms with Gasteiger partial charge in [0, 0.05) is 0 Å². The third kappa shape index (κ3) is 1.04. The highest BCUT2D eigenvalue weighted by Gasteiger charge is 2.37. The molecule has 1 aliphatic heterocycles. The summed E-state index contributed by atoms with van der Waals surface area (Å²) in [6, 6.07) is 0. The van der Waals surface area contributed by atoms with Gasteiger partial charge in [0.15, 0.2) is 0 Å². The van der Waals surface area contributed by atoms with Crippen molar-refractivity contribution in [3.8, 4) is 0 Å². The van der Waals surface area contributed by atoms with Crippen LogP contribution in [0.5, 0.6) is 0 Å². The van der Waals surface area contributed by atoms with Gasteiger partial charge in [0.25, 0.3) is 5.89 Å². The van der Waals surface area contributed by atoms with Crippen LogP contribution >= 0.6 is 0 Å². The van der Waals surface area contributed by atoms with Crippen molar-refractivity contribution in [3.63, 3.8) is 0 Å². The molecule has 11 heavy (non-hydrogen) atoms. The minimum atomic E-state index is -0.760. The highest BCUT2D eigenvalue weighted by atomic mass is 16.7. The lowest BCUT2D eigenvalue weighted by atomic mass is 10.3. The lowest BCUT2D eigenvalue weighted by Gasteiger charge is -2.16. The third-order valence-corrected chi connectivity index (χ3v) is 1.66. The minimum absolute atomic E-state index is 0.481. The van der Waals surface area contributed by atoms with Crippen molar-refractivity contribution >= 4 is 0 Å². The molecule has 0 saturated carbocycles. The van der Waals surface area contributed by atoms with Crippen LogP contribution in [0.1, 0.15) is 12.8 Å². The molecule has 0 aliphatic carbocycles. The number of oxazole rings is 1. The van der Waals surface area contributed by atoms with Gasteiger partial charge in [-0.2, -0.15) is 0 Å². The van der Waals surface area contributed by atoms with Crippen LogP contribution in [0.2, 0.25) is 0 Å². The molecule has 1 saturated heterocycles. The predicted molar refractivity (Wildman–Crippen MR) is 35.8 cm³/mol. The average Bonchev–Trinajstić information content (AvgIpc) is 2.55. The van der Waals surface area contributed by atoms with Gasteiger partial charge in [-0.1, -0.05) is 0 Å². The SMILES string of the molecule is CC1(c2ncco2)OCCO1. The molecule has 4 heteroatoms. The van der Waals surface area contributed by atoms with Crippen LogP contribution in [0.15, 0.2) is 16.9 Å². The molecule has 0 amide bonds. The topological polar surface area (TPSA) is 44.5 Å². The average molecular weight is 155 g/mol. The molecule has 0 spiro atoms. The monoisotopic (exact) mass is 155 g/mol. The molecule has 60 valence electrons. The second-order valence-electron chi connectivity index (χ2n) is 2.48. The minimum Gasteiger partial charge on any atom is -0.444 e. The van der Waals surface area contributed by atoms with Crippen LogP contribution in [0.25, 0.3) is 0 Å². The summed E-state index contributed by atoms with van der Waals surface area (Å²) in [4.78, 5) is 3.95. The van der Waals surface area contributed by atoms with Crippen LogP contribution in [0.4, 0.5) is 0 Å². The van der Waals surface area contributed by atoms with E-state index in [1.807, 2.05) is 0 Å². The first-order chi connectivity index (χ1) is 5.31. The van der Waals surface area contributed by atoms with Gasteiger partial charge in [-0.15, -0.1) is 0 Å². The Bertz CT molecular complexity index is 226. The van der Waals surface area contributed by atoms with Gasteiger partial charge in [0.1, 0.15) is 6.26 Å². The molecule has 0 radical (unpaired) electrons. The van der Waals surface area contributed by atoms with E-state index in [-0.39, 0.29) is 0 Å². The maximum Gasteiger partial charge on any atom is 0.255 e. The van der Waals surface area contributed by atoms with Crippen molar-refractivity contribution in [1.82, 2.24) is 4.98 Å². The van der Waals surface area contributed by atoms with E-state index in [0.29, 0.717) is 19.1 Å². The number of aromatic nitrogens is 1. The van der Waals surface area contributed by atoms with Gasteiger partial charge in [0.2, 0.25) is 5.79 Å². The van der Waals surface area contributed by atoms with Crippen molar-refractivity contribution in [3.05, 3.63) is 18.4 Å². The van der Waals surface area contributed by atoms with Gasteiger partial charge in [-0.25, -0.2) is 4.98 Å². The highest BCUT2D eigenvalue weighted by molar-refractivity contribution is 4.91. The normalized spacial score (nSPS) is 22.3. The summed E-state index contributed by atoms with van der Waals surface area (Å²) in [5.74, 6) is -0.279. The smallest absolute Gasteiger partial charge is 0.255 e. The maximum absolute atomic E-state index is 5.31. The Morgan fingerprint density at radius 3 is 2.73 bits per heavy atom. The van der Waals surface area contributed by atoms with Gasteiger partial charge >= 0.3 is 0 Å². The molecule has 2 rings (SSSR count). The van der Waals surface area contributed by atoms with E-state index in [1.54, 1.807) is 13.1 Å².